The van der Waals surface area contributed by atoms with Gasteiger partial charge >= 0.3 is 0 Å². The largest absolute Gasteiger partial charge is 0.456 e. The van der Waals surface area contributed by atoms with Crippen molar-refractivity contribution in [2.75, 3.05) is 0 Å². The van der Waals surface area contributed by atoms with Gasteiger partial charge < -0.3 is 4.74 Å². The van der Waals surface area contributed by atoms with Gasteiger partial charge in [0.2, 0.25) is 0 Å². The van der Waals surface area contributed by atoms with Crippen molar-refractivity contribution in [1.82, 2.24) is 0 Å². The van der Waals surface area contributed by atoms with Gasteiger partial charge in [0, 0.05) is 15.2 Å². The minimum absolute atomic E-state index is 0.0189. The van der Waals surface area contributed by atoms with E-state index in [2.05, 4.69) is 31.9 Å². The summed E-state index contributed by atoms with van der Waals surface area (Å²) in [5.74, 6) is 1.17. The lowest BCUT2D eigenvalue weighted by atomic mass is 10.2. The van der Waals surface area contributed by atoms with Crippen LogP contribution >= 0.6 is 42.5 Å². The standard InChI is InChI=1S/C13H9Br2ClO3S/c1-8-6-9(2-4-11(8)14)19-13-5-3-10(7-12(13)15)20(16,17)18/h2-7H,1H3. The molecular formula is C13H9Br2ClO3S. The van der Waals surface area contributed by atoms with E-state index in [0.29, 0.717) is 16.0 Å². The summed E-state index contributed by atoms with van der Waals surface area (Å²) in [6, 6.07) is 9.93. The van der Waals surface area contributed by atoms with Crippen LogP contribution in [0.4, 0.5) is 0 Å². The van der Waals surface area contributed by atoms with E-state index in [1.165, 1.54) is 12.1 Å². The van der Waals surface area contributed by atoms with E-state index in [4.69, 9.17) is 15.4 Å². The highest BCUT2D eigenvalue weighted by molar-refractivity contribution is 9.10. The highest BCUT2D eigenvalue weighted by Gasteiger charge is 2.13. The van der Waals surface area contributed by atoms with Gasteiger partial charge in [0.15, 0.2) is 0 Å². The Kier molecular flexibility index (Phi) is 4.79. The van der Waals surface area contributed by atoms with Crippen LogP contribution in [-0.2, 0) is 9.05 Å². The molecule has 0 aliphatic rings. The van der Waals surface area contributed by atoms with Crippen molar-refractivity contribution < 1.29 is 13.2 Å². The fourth-order valence-corrected chi connectivity index (χ4v) is 3.16. The molecule has 0 saturated carbocycles. The molecule has 0 heterocycles. The summed E-state index contributed by atoms with van der Waals surface area (Å²) >= 11 is 6.69. The molecule has 0 saturated heterocycles. The maximum Gasteiger partial charge on any atom is 0.261 e. The number of benzene rings is 2. The first-order chi connectivity index (χ1) is 9.27. The monoisotopic (exact) mass is 438 g/mol. The van der Waals surface area contributed by atoms with E-state index in [1.54, 1.807) is 6.07 Å². The SMILES string of the molecule is Cc1cc(Oc2ccc(S(=O)(=O)Cl)cc2Br)ccc1Br. The summed E-state index contributed by atoms with van der Waals surface area (Å²) in [6.45, 7) is 1.95. The first-order valence-electron chi connectivity index (χ1n) is 5.45. The van der Waals surface area contributed by atoms with Gasteiger partial charge in [0.05, 0.1) is 9.37 Å². The zero-order valence-electron chi connectivity index (χ0n) is 10.2. The van der Waals surface area contributed by atoms with E-state index < -0.39 is 9.05 Å². The summed E-state index contributed by atoms with van der Waals surface area (Å²) in [6.07, 6.45) is 0. The molecule has 2 rings (SSSR count). The maximum atomic E-state index is 11.2. The molecule has 2 aromatic carbocycles. The van der Waals surface area contributed by atoms with E-state index in [9.17, 15) is 8.42 Å². The van der Waals surface area contributed by atoms with Gasteiger partial charge in [-0.15, -0.1) is 0 Å². The molecule has 0 atom stereocenters. The second kappa shape index (κ2) is 6.05. The van der Waals surface area contributed by atoms with Crippen molar-refractivity contribution in [3.63, 3.8) is 0 Å². The Morgan fingerprint density at radius 3 is 2.30 bits per heavy atom. The molecule has 0 fully saturated rings. The Bertz CT molecular complexity index is 760. The lowest BCUT2D eigenvalue weighted by Crippen LogP contribution is -1.92. The first kappa shape index (κ1) is 15.8. The van der Waals surface area contributed by atoms with Crippen LogP contribution in [0.1, 0.15) is 5.56 Å². The number of rotatable bonds is 3. The maximum absolute atomic E-state index is 11.2. The Balaban J connectivity index is 2.32. The molecule has 0 aromatic heterocycles. The van der Waals surface area contributed by atoms with E-state index in [1.807, 2.05) is 25.1 Å². The number of hydrogen-bond donors (Lipinski definition) is 0. The van der Waals surface area contributed by atoms with Crippen molar-refractivity contribution in [2.24, 2.45) is 0 Å². The van der Waals surface area contributed by atoms with Gasteiger partial charge in [-0.1, -0.05) is 15.9 Å². The predicted molar refractivity (Wildman–Crippen MR) is 86.1 cm³/mol. The number of aryl methyl sites for hydroxylation is 1. The molecule has 106 valence electrons. The first-order valence-corrected chi connectivity index (χ1v) is 9.35. The molecular weight excluding hydrogens is 431 g/mol. The van der Waals surface area contributed by atoms with Gasteiger partial charge in [0.1, 0.15) is 11.5 Å². The van der Waals surface area contributed by atoms with Crippen LogP contribution in [0, 0.1) is 6.92 Å². The summed E-state index contributed by atoms with van der Waals surface area (Å²) in [7, 11) is 1.54. The predicted octanol–water partition coefficient (Wildman–Crippen LogP) is 5.24. The smallest absolute Gasteiger partial charge is 0.261 e. The third kappa shape index (κ3) is 3.75. The van der Waals surface area contributed by atoms with Crippen molar-refractivity contribution in [1.29, 1.82) is 0 Å². The average molecular weight is 441 g/mol. The molecule has 2 aromatic rings. The van der Waals surface area contributed by atoms with Gasteiger partial charge in [0.25, 0.3) is 9.05 Å². The van der Waals surface area contributed by atoms with E-state index in [0.717, 1.165) is 10.0 Å². The van der Waals surface area contributed by atoms with Gasteiger partial charge in [-0.05, 0) is 64.8 Å². The molecule has 7 heteroatoms. The second-order valence-electron chi connectivity index (χ2n) is 4.04. The minimum Gasteiger partial charge on any atom is -0.456 e. The molecule has 0 bridgehead atoms. The zero-order chi connectivity index (χ0) is 14.9. The van der Waals surface area contributed by atoms with Gasteiger partial charge in [-0.25, -0.2) is 8.42 Å². The van der Waals surface area contributed by atoms with Crippen LogP contribution < -0.4 is 4.74 Å². The van der Waals surface area contributed by atoms with Crippen molar-refractivity contribution in [3.05, 3.63) is 50.9 Å². The molecule has 0 amide bonds. The summed E-state index contributed by atoms with van der Waals surface area (Å²) < 4.78 is 29.7. The molecule has 0 N–H and O–H groups in total. The van der Waals surface area contributed by atoms with Crippen LogP contribution in [-0.4, -0.2) is 8.42 Å². The van der Waals surface area contributed by atoms with Crippen molar-refractivity contribution in [3.8, 4) is 11.5 Å². The van der Waals surface area contributed by atoms with E-state index in [-0.39, 0.29) is 4.90 Å². The molecule has 0 unspecified atom stereocenters. The van der Waals surface area contributed by atoms with Crippen LogP contribution in [0.5, 0.6) is 11.5 Å². The summed E-state index contributed by atoms with van der Waals surface area (Å²) in [5.41, 5.74) is 1.04. The van der Waals surface area contributed by atoms with Gasteiger partial charge in [-0.3, -0.25) is 0 Å². The topological polar surface area (TPSA) is 43.4 Å². The Morgan fingerprint density at radius 2 is 1.75 bits per heavy atom. The summed E-state index contributed by atoms with van der Waals surface area (Å²) in [5, 5.41) is 0. The normalized spacial score (nSPS) is 11.4. The highest BCUT2D eigenvalue weighted by Crippen LogP contribution is 2.33. The lowest BCUT2D eigenvalue weighted by Gasteiger charge is -2.09. The third-order valence-corrected chi connectivity index (χ3v) is 5.40. The Morgan fingerprint density at radius 1 is 1.05 bits per heavy atom. The number of halogens is 3. The zero-order valence-corrected chi connectivity index (χ0v) is 15.0. The molecule has 3 nitrogen and oxygen atoms in total. The minimum atomic E-state index is -3.75. The molecule has 0 spiro atoms. The average Bonchev–Trinajstić information content (AvgIpc) is 2.35. The quantitative estimate of drug-likeness (QED) is 0.613. The lowest BCUT2D eigenvalue weighted by molar-refractivity contribution is 0.478. The summed E-state index contributed by atoms with van der Waals surface area (Å²) in [4.78, 5) is 0.0189. The van der Waals surface area contributed by atoms with Crippen LogP contribution in [0.2, 0.25) is 0 Å². The molecule has 0 aliphatic carbocycles. The fraction of sp³-hybridized carbons (Fsp3) is 0.0769. The molecule has 0 radical (unpaired) electrons. The molecule has 0 aliphatic heterocycles. The van der Waals surface area contributed by atoms with Crippen molar-refractivity contribution >= 4 is 51.6 Å². The van der Waals surface area contributed by atoms with Crippen molar-refractivity contribution in [2.45, 2.75) is 11.8 Å². The molecule has 20 heavy (non-hydrogen) atoms. The third-order valence-electron chi connectivity index (χ3n) is 2.54. The number of hydrogen-bond acceptors (Lipinski definition) is 3. The van der Waals surface area contributed by atoms with Crippen LogP contribution in [0.3, 0.4) is 0 Å². The van der Waals surface area contributed by atoms with Crippen LogP contribution in [0.15, 0.2) is 50.2 Å². The van der Waals surface area contributed by atoms with Crippen LogP contribution in [0.25, 0.3) is 0 Å². The Hall–Kier alpha value is -0.560. The highest BCUT2D eigenvalue weighted by atomic mass is 79.9. The second-order valence-corrected chi connectivity index (χ2v) is 8.32. The van der Waals surface area contributed by atoms with Gasteiger partial charge in [-0.2, -0.15) is 0 Å². The fourth-order valence-electron chi connectivity index (χ4n) is 1.52. The number of ether oxygens (including phenoxy) is 1. The Labute approximate surface area is 138 Å². The van der Waals surface area contributed by atoms with E-state index >= 15 is 0 Å².